The molecule has 0 aliphatic carbocycles. The molecule has 0 aliphatic heterocycles. The number of fused-ring (bicyclic) bond motifs is 1. The Morgan fingerprint density at radius 2 is 2.05 bits per heavy atom. The minimum atomic E-state index is -0.403. The first kappa shape index (κ1) is 17.3. The molecule has 4 nitrogen and oxygen atoms in total. The van der Waals surface area contributed by atoms with Crippen LogP contribution in [0.3, 0.4) is 0 Å². The second-order valence-corrected chi connectivity index (χ2v) is 5.22. The lowest BCUT2D eigenvalue weighted by atomic mass is 9.99. The van der Waals surface area contributed by atoms with Crippen LogP contribution in [-0.2, 0) is 13.0 Å². The maximum Gasteiger partial charge on any atom is 0.336 e. The fraction of sp³-hybridized carbons (Fsp3) is 0.312. The lowest BCUT2D eigenvalue weighted by Gasteiger charge is -2.16. The minimum Gasteiger partial charge on any atom is -0.507 e. The molecule has 0 fully saturated rings. The molecule has 0 atom stereocenters. The fourth-order valence-corrected chi connectivity index (χ4v) is 2.36. The molecule has 21 heavy (non-hydrogen) atoms. The summed E-state index contributed by atoms with van der Waals surface area (Å²) < 4.78 is 5.29. The maximum atomic E-state index is 11.6. The van der Waals surface area contributed by atoms with Crippen molar-refractivity contribution in [3.05, 3.63) is 51.9 Å². The highest BCUT2D eigenvalue weighted by Gasteiger charge is 2.16. The van der Waals surface area contributed by atoms with Gasteiger partial charge in [-0.3, -0.25) is 0 Å². The third kappa shape index (κ3) is 3.46. The highest BCUT2D eigenvalue weighted by Crippen LogP contribution is 2.33. The van der Waals surface area contributed by atoms with E-state index in [0.29, 0.717) is 24.1 Å². The lowest BCUT2D eigenvalue weighted by Crippen LogP contribution is -2.11. The highest BCUT2D eigenvalue weighted by molar-refractivity contribution is 5.86. The zero-order valence-electron chi connectivity index (χ0n) is 12.5. The van der Waals surface area contributed by atoms with Crippen LogP contribution in [0.1, 0.15) is 16.7 Å². The molecule has 5 heteroatoms. The second-order valence-electron chi connectivity index (χ2n) is 5.22. The fourth-order valence-electron chi connectivity index (χ4n) is 2.36. The predicted molar refractivity (Wildman–Crippen MR) is 87.4 cm³/mol. The van der Waals surface area contributed by atoms with Gasteiger partial charge in [-0.25, -0.2) is 4.79 Å². The van der Waals surface area contributed by atoms with E-state index in [0.717, 1.165) is 16.5 Å². The van der Waals surface area contributed by atoms with E-state index in [1.807, 2.05) is 32.0 Å². The van der Waals surface area contributed by atoms with Crippen LogP contribution in [0.25, 0.3) is 11.0 Å². The molecule has 1 heterocycles. The first-order chi connectivity index (χ1) is 9.43. The van der Waals surface area contributed by atoms with Crippen LogP contribution in [0.4, 0.5) is 0 Å². The van der Waals surface area contributed by atoms with Gasteiger partial charge in [0.2, 0.25) is 0 Å². The van der Waals surface area contributed by atoms with Crippen LogP contribution in [0.15, 0.2) is 34.0 Å². The van der Waals surface area contributed by atoms with E-state index >= 15 is 0 Å². The SMILES string of the molecule is C=CCc1c(O)c(CN(C)C)cc2c(C)cc(=O)oc12.Cl. The molecule has 2 aromatic rings. The molecule has 114 valence electrons. The summed E-state index contributed by atoms with van der Waals surface area (Å²) in [6.45, 7) is 6.18. The van der Waals surface area contributed by atoms with Gasteiger partial charge < -0.3 is 14.4 Å². The summed E-state index contributed by atoms with van der Waals surface area (Å²) in [5.74, 6) is 0.180. The molecule has 0 bridgehead atoms. The number of nitrogens with zero attached hydrogens (tertiary/aromatic N) is 1. The van der Waals surface area contributed by atoms with E-state index < -0.39 is 5.63 Å². The van der Waals surface area contributed by atoms with Gasteiger partial charge in [0.05, 0.1) is 0 Å². The molecule has 0 radical (unpaired) electrons. The van der Waals surface area contributed by atoms with Crippen molar-refractivity contribution in [2.45, 2.75) is 19.9 Å². The maximum absolute atomic E-state index is 11.6. The number of benzene rings is 1. The summed E-state index contributed by atoms with van der Waals surface area (Å²) in [6, 6.07) is 3.35. The third-order valence-corrected chi connectivity index (χ3v) is 3.22. The number of aromatic hydroxyl groups is 1. The van der Waals surface area contributed by atoms with E-state index in [2.05, 4.69) is 6.58 Å². The van der Waals surface area contributed by atoms with Crippen LogP contribution in [0.2, 0.25) is 0 Å². The van der Waals surface area contributed by atoms with Gasteiger partial charge in [-0.05, 0) is 39.1 Å². The van der Waals surface area contributed by atoms with Crippen molar-refractivity contribution >= 4 is 23.4 Å². The molecule has 1 N–H and O–H groups in total. The quantitative estimate of drug-likeness (QED) is 0.697. The number of allylic oxidation sites excluding steroid dienone is 1. The summed E-state index contributed by atoms with van der Waals surface area (Å²) in [4.78, 5) is 13.5. The van der Waals surface area contributed by atoms with Crippen molar-refractivity contribution in [3.8, 4) is 5.75 Å². The summed E-state index contributed by atoms with van der Waals surface area (Å²) in [5, 5.41) is 11.3. The van der Waals surface area contributed by atoms with Gasteiger partial charge in [-0.15, -0.1) is 19.0 Å². The van der Waals surface area contributed by atoms with Crippen molar-refractivity contribution in [1.29, 1.82) is 0 Å². The number of aryl methyl sites for hydroxylation is 1. The Balaban J connectivity index is 0.00000220. The second kappa shape index (κ2) is 6.78. The van der Waals surface area contributed by atoms with Crippen LogP contribution in [0, 0.1) is 6.92 Å². The zero-order valence-corrected chi connectivity index (χ0v) is 13.3. The molecule has 0 amide bonds. The third-order valence-electron chi connectivity index (χ3n) is 3.22. The standard InChI is InChI=1S/C16H19NO3.ClH/c1-5-6-12-15(19)11(9-17(3)4)8-13-10(2)7-14(18)20-16(12)13;/h5,7-8,19H,1,6,9H2,2-4H3;1H. The van der Waals surface area contributed by atoms with Gasteiger partial charge in [0.25, 0.3) is 0 Å². The Morgan fingerprint density at radius 1 is 1.38 bits per heavy atom. The average Bonchev–Trinajstić information content (AvgIpc) is 2.35. The smallest absolute Gasteiger partial charge is 0.336 e. The molecule has 0 saturated carbocycles. The topological polar surface area (TPSA) is 53.7 Å². The minimum absolute atomic E-state index is 0. The van der Waals surface area contributed by atoms with Gasteiger partial charge in [0.1, 0.15) is 11.3 Å². The van der Waals surface area contributed by atoms with E-state index in [9.17, 15) is 9.90 Å². The van der Waals surface area contributed by atoms with E-state index in [4.69, 9.17) is 4.42 Å². The van der Waals surface area contributed by atoms with Crippen LogP contribution in [0.5, 0.6) is 5.75 Å². The van der Waals surface area contributed by atoms with E-state index in [1.54, 1.807) is 6.08 Å². The average molecular weight is 310 g/mol. The summed E-state index contributed by atoms with van der Waals surface area (Å²) in [7, 11) is 3.88. The van der Waals surface area contributed by atoms with Gasteiger partial charge in [0.15, 0.2) is 0 Å². The Bertz CT molecular complexity index is 720. The Kier molecular flexibility index (Phi) is 5.58. The lowest BCUT2D eigenvalue weighted by molar-refractivity contribution is 0.384. The Hall–Kier alpha value is -1.78. The normalized spacial score (nSPS) is 10.7. The van der Waals surface area contributed by atoms with Gasteiger partial charge in [-0.2, -0.15) is 0 Å². The molecular weight excluding hydrogens is 290 g/mol. The van der Waals surface area contributed by atoms with E-state index in [-0.39, 0.29) is 18.2 Å². The Morgan fingerprint density at radius 3 is 2.62 bits per heavy atom. The number of hydrogen-bond donors (Lipinski definition) is 1. The summed E-state index contributed by atoms with van der Waals surface area (Å²) in [5.41, 5.74) is 2.34. The van der Waals surface area contributed by atoms with Crippen molar-refractivity contribution < 1.29 is 9.52 Å². The van der Waals surface area contributed by atoms with Crippen molar-refractivity contribution in [2.75, 3.05) is 14.1 Å². The Labute approximate surface area is 130 Å². The van der Waals surface area contributed by atoms with Crippen LogP contribution >= 0.6 is 12.4 Å². The van der Waals surface area contributed by atoms with Crippen molar-refractivity contribution in [3.63, 3.8) is 0 Å². The van der Waals surface area contributed by atoms with Gasteiger partial charge >= 0.3 is 5.63 Å². The first-order valence-electron chi connectivity index (χ1n) is 6.47. The van der Waals surface area contributed by atoms with Gasteiger partial charge in [0, 0.05) is 29.1 Å². The monoisotopic (exact) mass is 309 g/mol. The number of phenols is 1. The van der Waals surface area contributed by atoms with Crippen molar-refractivity contribution in [2.24, 2.45) is 0 Å². The van der Waals surface area contributed by atoms with E-state index in [1.165, 1.54) is 6.07 Å². The van der Waals surface area contributed by atoms with Crippen molar-refractivity contribution in [1.82, 2.24) is 4.90 Å². The summed E-state index contributed by atoms with van der Waals surface area (Å²) in [6.07, 6.45) is 2.15. The van der Waals surface area contributed by atoms with Gasteiger partial charge in [-0.1, -0.05) is 6.08 Å². The molecule has 0 aliphatic rings. The highest BCUT2D eigenvalue weighted by atomic mass is 35.5. The molecule has 0 spiro atoms. The number of halogens is 1. The predicted octanol–water partition coefficient (Wildman–Crippen LogP) is 3.02. The molecule has 1 aromatic heterocycles. The molecule has 2 rings (SSSR count). The number of rotatable bonds is 4. The number of phenolic OH excluding ortho intramolecular Hbond substituents is 1. The van der Waals surface area contributed by atoms with Crippen LogP contribution < -0.4 is 5.63 Å². The first-order valence-corrected chi connectivity index (χ1v) is 6.47. The van der Waals surface area contributed by atoms with Crippen LogP contribution in [-0.4, -0.2) is 24.1 Å². The molecule has 0 saturated heterocycles. The molecule has 1 aromatic carbocycles. The zero-order chi connectivity index (χ0) is 14.9. The largest absolute Gasteiger partial charge is 0.507 e. The molecule has 0 unspecified atom stereocenters. The molecular formula is C16H20ClNO3. The number of hydrogen-bond acceptors (Lipinski definition) is 4. The summed E-state index contributed by atoms with van der Waals surface area (Å²) >= 11 is 0.